The molecule has 0 fully saturated rings. The number of Topliss-reactive ketones (excluding diaryl/α,β-unsaturated/α-hetero) is 1. The minimum Gasteiger partial charge on any atom is -0.294 e. The molecule has 0 spiro atoms. The molecule has 1 aromatic heterocycles. The molecule has 4 heteroatoms. The Labute approximate surface area is 115 Å². The van der Waals surface area contributed by atoms with Gasteiger partial charge in [-0.3, -0.25) is 9.48 Å². The maximum atomic E-state index is 12.2. The van der Waals surface area contributed by atoms with Crippen LogP contribution in [0.15, 0.2) is 28.7 Å². The largest absolute Gasteiger partial charge is 0.294 e. The number of rotatable bonds is 3. The van der Waals surface area contributed by atoms with E-state index in [0.717, 1.165) is 27.0 Å². The first kappa shape index (κ1) is 13.0. The number of nitrogens with zero attached hydrogens (tertiary/aromatic N) is 2. The first-order chi connectivity index (χ1) is 8.47. The third-order valence-electron chi connectivity index (χ3n) is 2.87. The van der Waals surface area contributed by atoms with E-state index in [9.17, 15) is 4.79 Å². The van der Waals surface area contributed by atoms with Crippen molar-refractivity contribution >= 4 is 21.7 Å². The SMILES string of the molecule is Cc1ccc(C(=O)Cc2cc(C)nn2C)c(Br)c1. The predicted octanol–water partition coefficient (Wildman–Crippen LogP) is 3.22. The van der Waals surface area contributed by atoms with Crippen molar-refractivity contribution in [3.8, 4) is 0 Å². The van der Waals surface area contributed by atoms with Crippen LogP contribution in [-0.2, 0) is 13.5 Å². The van der Waals surface area contributed by atoms with Crippen molar-refractivity contribution in [2.75, 3.05) is 0 Å². The Morgan fingerprint density at radius 3 is 2.61 bits per heavy atom. The fraction of sp³-hybridized carbons (Fsp3) is 0.286. The molecule has 0 unspecified atom stereocenters. The predicted molar refractivity (Wildman–Crippen MR) is 74.9 cm³/mol. The standard InChI is InChI=1S/C14H15BrN2O/c1-9-4-5-12(13(15)6-9)14(18)8-11-7-10(2)16-17(11)3/h4-7H,8H2,1-3H3. The maximum Gasteiger partial charge on any atom is 0.169 e. The number of ketones is 1. The zero-order valence-electron chi connectivity index (χ0n) is 10.7. The van der Waals surface area contributed by atoms with Gasteiger partial charge in [-0.25, -0.2) is 0 Å². The minimum atomic E-state index is 0.102. The number of carbonyl (C=O) groups excluding carboxylic acids is 1. The number of aryl methyl sites for hydroxylation is 3. The Hall–Kier alpha value is -1.42. The molecule has 2 rings (SSSR count). The van der Waals surface area contributed by atoms with Crippen molar-refractivity contribution in [2.45, 2.75) is 20.3 Å². The van der Waals surface area contributed by atoms with Crippen molar-refractivity contribution in [1.82, 2.24) is 9.78 Å². The molecule has 0 saturated heterocycles. The molecule has 0 aliphatic carbocycles. The molecule has 0 amide bonds. The van der Waals surface area contributed by atoms with Crippen LogP contribution in [0.25, 0.3) is 0 Å². The molecule has 0 atom stereocenters. The molecule has 0 radical (unpaired) electrons. The average molecular weight is 307 g/mol. The number of carbonyl (C=O) groups is 1. The van der Waals surface area contributed by atoms with Gasteiger partial charge < -0.3 is 0 Å². The third kappa shape index (κ3) is 2.70. The zero-order valence-corrected chi connectivity index (χ0v) is 12.3. The summed E-state index contributed by atoms with van der Waals surface area (Å²) in [5, 5.41) is 4.25. The Morgan fingerprint density at radius 2 is 2.06 bits per heavy atom. The fourth-order valence-corrected chi connectivity index (χ4v) is 2.65. The van der Waals surface area contributed by atoms with Gasteiger partial charge in [-0.15, -0.1) is 0 Å². The van der Waals surface area contributed by atoms with Crippen molar-refractivity contribution in [1.29, 1.82) is 0 Å². The summed E-state index contributed by atoms with van der Waals surface area (Å²) in [5.41, 5.74) is 3.72. The Morgan fingerprint density at radius 1 is 1.33 bits per heavy atom. The summed E-state index contributed by atoms with van der Waals surface area (Å²) in [6, 6.07) is 7.72. The second kappa shape index (κ2) is 5.06. The summed E-state index contributed by atoms with van der Waals surface area (Å²) in [7, 11) is 1.86. The van der Waals surface area contributed by atoms with E-state index in [2.05, 4.69) is 21.0 Å². The van der Waals surface area contributed by atoms with Crippen LogP contribution in [0, 0.1) is 13.8 Å². The fourth-order valence-electron chi connectivity index (χ4n) is 1.94. The molecule has 2 aromatic rings. The highest BCUT2D eigenvalue weighted by Crippen LogP contribution is 2.20. The molecular formula is C14H15BrN2O. The number of aromatic nitrogens is 2. The number of halogens is 1. The van der Waals surface area contributed by atoms with Crippen LogP contribution in [0.5, 0.6) is 0 Å². The van der Waals surface area contributed by atoms with E-state index in [-0.39, 0.29) is 5.78 Å². The molecule has 94 valence electrons. The van der Waals surface area contributed by atoms with Gasteiger partial charge >= 0.3 is 0 Å². The van der Waals surface area contributed by atoms with E-state index in [1.54, 1.807) is 4.68 Å². The van der Waals surface area contributed by atoms with Gasteiger partial charge in [0.25, 0.3) is 0 Å². The van der Waals surface area contributed by atoms with Crippen LogP contribution in [0.3, 0.4) is 0 Å². The molecule has 1 aromatic carbocycles. The highest BCUT2D eigenvalue weighted by Gasteiger charge is 2.13. The third-order valence-corrected chi connectivity index (χ3v) is 3.52. The second-order valence-corrected chi connectivity index (χ2v) is 5.34. The van der Waals surface area contributed by atoms with Crippen molar-refractivity contribution < 1.29 is 4.79 Å². The maximum absolute atomic E-state index is 12.2. The lowest BCUT2D eigenvalue weighted by atomic mass is 10.0. The summed E-state index contributed by atoms with van der Waals surface area (Å²) >= 11 is 3.44. The van der Waals surface area contributed by atoms with Gasteiger partial charge in [0.1, 0.15) is 0 Å². The monoisotopic (exact) mass is 306 g/mol. The topological polar surface area (TPSA) is 34.9 Å². The van der Waals surface area contributed by atoms with Crippen LogP contribution in [0.1, 0.15) is 27.3 Å². The number of benzene rings is 1. The van der Waals surface area contributed by atoms with Gasteiger partial charge in [0.05, 0.1) is 12.1 Å². The second-order valence-electron chi connectivity index (χ2n) is 4.48. The van der Waals surface area contributed by atoms with Crippen molar-refractivity contribution in [3.63, 3.8) is 0 Å². The van der Waals surface area contributed by atoms with E-state index >= 15 is 0 Å². The summed E-state index contributed by atoms with van der Waals surface area (Å²) < 4.78 is 2.61. The quantitative estimate of drug-likeness (QED) is 0.816. The van der Waals surface area contributed by atoms with Gasteiger partial charge in [-0.1, -0.05) is 22.0 Å². The molecule has 0 saturated carbocycles. The van der Waals surface area contributed by atoms with E-state index in [1.807, 2.05) is 45.2 Å². The summed E-state index contributed by atoms with van der Waals surface area (Å²) in [6.45, 7) is 3.93. The van der Waals surface area contributed by atoms with Gasteiger partial charge in [-0.05, 0) is 37.6 Å². The van der Waals surface area contributed by atoms with E-state index in [4.69, 9.17) is 0 Å². The summed E-state index contributed by atoms with van der Waals surface area (Å²) in [6.07, 6.45) is 0.374. The number of hydrogen-bond acceptors (Lipinski definition) is 2. The molecule has 0 N–H and O–H groups in total. The Kier molecular flexibility index (Phi) is 3.66. The van der Waals surface area contributed by atoms with Gasteiger partial charge in [0.15, 0.2) is 5.78 Å². The van der Waals surface area contributed by atoms with Crippen LogP contribution in [0.4, 0.5) is 0 Å². The van der Waals surface area contributed by atoms with Crippen LogP contribution >= 0.6 is 15.9 Å². The molecule has 0 aliphatic rings. The first-order valence-electron chi connectivity index (χ1n) is 5.76. The molecule has 18 heavy (non-hydrogen) atoms. The van der Waals surface area contributed by atoms with E-state index in [0.29, 0.717) is 6.42 Å². The normalized spacial score (nSPS) is 10.7. The van der Waals surface area contributed by atoms with E-state index in [1.165, 1.54) is 0 Å². The smallest absolute Gasteiger partial charge is 0.169 e. The molecule has 3 nitrogen and oxygen atoms in total. The molecular weight excluding hydrogens is 292 g/mol. The molecule has 0 bridgehead atoms. The Balaban J connectivity index is 2.24. The summed E-state index contributed by atoms with van der Waals surface area (Å²) in [4.78, 5) is 12.2. The lowest BCUT2D eigenvalue weighted by molar-refractivity contribution is 0.0990. The van der Waals surface area contributed by atoms with Crippen molar-refractivity contribution in [3.05, 3.63) is 51.3 Å². The highest BCUT2D eigenvalue weighted by atomic mass is 79.9. The van der Waals surface area contributed by atoms with Gasteiger partial charge in [-0.2, -0.15) is 5.10 Å². The lowest BCUT2D eigenvalue weighted by Gasteiger charge is -2.05. The molecule has 0 aliphatic heterocycles. The van der Waals surface area contributed by atoms with Crippen LogP contribution < -0.4 is 0 Å². The lowest BCUT2D eigenvalue weighted by Crippen LogP contribution is -2.08. The van der Waals surface area contributed by atoms with Gasteiger partial charge in [0.2, 0.25) is 0 Å². The van der Waals surface area contributed by atoms with Crippen LogP contribution in [0.2, 0.25) is 0 Å². The zero-order chi connectivity index (χ0) is 13.3. The van der Waals surface area contributed by atoms with Gasteiger partial charge in [0, 0.05) is 22.8 Å². The van der Waals surface area contributed by atoms with Crippen molar-refractivity contribution in [2.24, 2.45) is 7.05 Å². The number of hydrogen-bond donors (Lipinski definition) is 0. The van der Waals surface area contributed by atoms with E-state index < -0.39 is 0 Å². The first-order valence-corrected chi connectivity index (χ1v) is 6.55. The van der Waals surface area contributed by atoms with Crippen LogP contribution in [-0.4, -0.2) is 15.6 Å². The average Bonchev–Trinajstić information content (AvgIpc) is 2.57. The highest BCUT2D eigenvalue weighted by molar-refractivity contribution is 9.10. The minimum absolute atomic E-state index is 0.102. The Bertz CT molecular complexity index is 602. The molecule has 1 heterocycles. The summed E-state index contributed by atoms with van der Waals surface area (Å²) in [5.74, 6) is 0.102.